The van der Waals surface area contributed by atoms with Crippen LogP contribution in [0.25, 0.3) is 0 Å². The van der Waals surface area contributed by atoms with Crippen molar-refractivity contribution in [2.75, 3.05) is 0 Å². The number of furan rings is 1. The van der Waals surface area contributed by atoms with Crippen molar-refractivity contribution in [2.24, 2.45) is 0 Å². The lowest BCUT2D eigenvalue weighted by Crippen LogP contribution is -2.60. The van der Waals surface area contributed by atoms with Crippen molar-refractivity contribution >= 4 is 0 Å². The summed E-state index contributed by atoms with van der Waals surface area (Å²) in [7, 11) is 0. The van der Waals surface area contributed by atoms with E-state index < -0.39 is 0 Å². The van der Waals surface area contributed by atoms with E-state index in [0.29, 0.717) is 6.04 Å². The second-order valence-electron chi connectivity index (χ2n) is 7.27. The van der Waals surface area contributed by atoms with Gasteiger partial charge in [0.25, 0.3) is 0 Å². The van der Waals surface area contributed by atoms with Crippen molar-refractivity contribution in [1.82, 2.24) is 10.2 Å². The normalized spacial score (nSPS) is 25.7. The number of pyridine rings is 1. The average molecular weight is 340 g/mol. The lowest BCUT2D eigenvalue weighted by molar-refractivity contribution is -0.732. The summed E-state index contributed by atoms with van der Waals surface area (Å²) in [6.45, 7) is 0. The Bertz CT molecular complexity index is 1000. The SMILES string of the molecule is c1ccc2c(c1)C1CC(c3ccoc3)(c3ccn[nH]3)C2c2cccc[n+]21. The van der Waals surface area contributed by atoms with Crippen LogP contribution >= 0.6 is 0 Å². The zero-order valence-electron chi connectivity index (χ0n) is 14.2. The van der Waals surface area contributed by atoms with Gasteiger partial charge in [-0.3, -0.25) is 5.10 Å². The maximum Gasteiger partial charge on any atom is 0.190 e. The van der Waals surface area contributed by atoms with Crippen LogP contribution in [0.15, 0.2) is 83.9 Å². The molecule has 0 spiro atoms. The molecule has 4 aromatic rings. The molecule has 0 radical (unpaired) electrons. The molecular weight excluding hydrogens is 322 g/mol. The number of nitrogens with zero attached hydrogens (tertiary/aromatic N) is 2. The summed E-state index contributed by atoms with van der Waals surface area (Å²) in [5.41, 5.74) is 6.34. The molecule has 3 unspecified atom stereocenters. The van der Waals surface area contributed by atoms with E-state index in [1.807, 2.05) is 12.5 Å². The second kappa shape index (κ2) is 4.94. The second-order valence-corrected chi connectivity index (χ2v) is 7.27. The molecule has 2 aliphatic heterocycles. The maximum absolute atomic E-state index is 5.53. The van der Waals surface area contributed by atoms with E-state index in [1.165, 1.54) is 22.4 Å². The van der Waals surface area contributed by atoms with E-state index in [0.717, 1.165) is 12.1 Å². The highest BCUT2D eigenvalue weighted by atomic mass is 16.3. The number of hydrogen-bond donors (Lipinski definition) is 1. The summed E-state index contributed by atoms with van der Waals surface area (Å²) in [5.74, 6) is 0.211. The number of H-pyrrole nitrogens is 1. The van der Waals surface area contributed by atoms with Gasteiger partial charge in [-0.1, -0.05) is 30.3 Å². The summed E-state index contributed by atoms with van der Waals surface area (Å²) >= 11 is 0. The van der Waals surface area contributed by atoms with Crippen LogP contribution in [0.5, 0.6) is 0 Å². The van der Waals surface area contributed by atoms with Crippen LogP contribution < -0.4 is 4.57 Å². The molecule has 26 heavy (non-hydrogen) atoms. The first-order valence-corrected chi connectivity index (χ1v) is 9.01. The summed E-state index contributed by atoms with van der Waals surface area (Å²) < 4.78 is 7.98. The van der Waals surface area contributed by atoms with Crippen LogP contribution in [0.4, 0.5) is 0 Å². The van der Waals surface area contributed by atoms with E-state index in [-0.39, 0.29) is 11.3 Å². The Labute approximate surface area is 151 Å². The molecule has 1 aromatic carbocycles. The zero-order chi connectivity index (χ0) is 17.1. The number of rotatable bonds is 2. The van der Waals surface area contributed by atoms with E-state index >= 15 is 0 Å². The fourth-order valence-corrected chi connectivity index (χ4v) is 5.26. The maximum atomic E-state index is 5.53. The van der Waals surface area contributed by atoms with Gasteiger partial charge >= 0.3 is 0 Å². The van der Waals surface area contributed by atoms with Gasteiger partial charge in [0.15, 0.2) is 17.9 Å². The van der Waals surface area contributed by atoms with Crippen LogP contribution in [-0.2, 0) is 5.41 Å². The molecule has 0 saturated heterocycles. The quantitative estimate of drug-likeness (QED) is 0.565. The van der Waals surface area contributed by atoms with Crippen molar-refractivity contribution in [3.8, 4) is 0 Å². The molecule has 3 aliphatic rings. The molecule has 0 fully saturated rings. The van der Waals surface area contributed by atoms with Crippen molar-refractivity contribution < 1.29 is 8.98 Å². The Kier molecular flexibility index (Phi) is 2.68. The predicted octanol–water partition coefficient (Wildman–Crippen LogP) is 3.71. The molecule has 0 saturated carbocycles. The third-order valence-electron chi connectivity index (χ3n) is 6.25. The topological polar surface area (TPSA) is 45.7 Å². The van der Waals surface area contributed by atoms with Crippen LogP contribution in [0.2, 0.25) is 0 Å². The summed E-state index contributed by atoms with van der Waals surface area (Å²) in [5, 5.41) is 7.57. The van der Waals surface area contributed by atoms with Crippen LogP contribution in [0, 0.1) is 0 Å². The van der Waals surface area contributed by atoms with Crippen LogP contribution in [0.3, 0.4) is 0 Å². The van der Waals surface area contributed by atoms with Gasteiger partial charge in [0.1, 0.15) is 0 Å². The number of fused-ring (bicyclic) bond motifs is 1. The minimum absolute atomic E-state index is 0.204. The molecule has 126 valence electrons. The van der Waals surface area contributed by atoms with Gasteiger partial charge in [-0.05, 0) is 17.7 Å². The number of aromatic amines is 1. The zero-order valence-corrected chi connectivity index (χ0v) is 14.2. The first-order valence-electron chi connectivity index (χ1n) is 9.01. The van der Waals surface area contributed by atoms with Gasteiger partial charge in [0, 0.05) is 41.6 Å². The van der Waals surface area contributed by atoms with Crippen LogP contribution in [-0.4, -0.2) is 10.2 Å². The highest BCUT2D eigenvalue weighted by Crippen LogP contribution is 2.58. The number of nitrogens with one attached hydrogen (secondary N) is 1. The van der Waals surface area contributed by atoms with Crippen LogP contribution in [0.1, 0.15) is 46.5 Å². The largest absolute Gasteiger partial charge is 0.472 e. The van der Waals surface area contributed by atoms with Crippen molar-refractivity contribution in [1.29, 1.82) is 0 Å². The summed E-state index contributed by atoms with van der Waals surface area (Å²) in [6, 6.07) is 19.9. The Morgan fingerprint density at radius 2 is 1.92 bits per heavy atom. The smallest absolute Gasteiger partial charge is 0.190 e. The Hall–Kier alpha value is -3.14. The van der Waals surface area contributed by atoms with E-state index in [1.54, 1.807) is 6.26 Å². The third-order valence-corrected chi connectivity index (χ3v) is 6.25. The minimum atomic E-state index is -0.204. The molecule has 4 nitrogen and oxygen atoms in total. The molecule has 2 bridgehead atoms. The summed E-state index contributed by atoms with van der Waals surface area (Å²) in [4.78, 5) is 0. The highest BCUT2D eigenvalue weighted by molar-refractivity contribution is 5.52. The molecule has 3 atom stereocenters. The molecule has 4 heteroatoms. The number of hydrogen-bond acceptors (Lipinski definition) is 2. The molecule has 7 rings (SSSR count). The molecule has 0 amide bonds. The first-order chi connectivity index (χ1) is 12.9. The highest BCUT2D eigenvalue weighted by Gasteiger charge is 2.60. The van der Waals surface area contributed by atoms with Gasteiger partial charge in [-0.15, -0.1) is 0 Å². The fraction of sp³-hybridized carbons (Fsp3) is 0.182. The average Bonchev–Trinajstić information content (AvgIpc) is 3.42. The monoisotopic (exact) mass is 340 g/mol. The van der Waals surface area contributed by atoms with Crippen molar-refractivity contribution in [3.05, 3.63) is 108 Å². The third kappa shape index (κ3) is 1.59. The van der Waals surface area contributed by atoms with Gasteiger partial charge in [0.2, 0.25) is 0 Å². The Balaban J connectivity index is 1.73. The number of benzene rings is 1. The van der Waals surface area contributed by atoms with Gasteiger partial charge in [-0.2, -0.15) is 9.67 Å². The molecular formula is C22H18N3O+. The standard InChI is InChI=1S/C22H18N3O/c1-2-6-17-16(5-1)19-13-22(15-9-12-26-14-15,20-8-10-23-24-20)21(17)18-7-3-4-11-25(18)19/h1-12,14,19,21H,13H2,(H,23,24)/q+1. The van der Waals surface area contributed by atoms with Crippen molar-refractivity contribution in [3.63, 3.8) is 0 Å². The number of aromatic nitrogens is 3. The fourth-order valence-electron chi connectivity index (χ4n) is 5.26. The molecule has 1 aliphatic carbocycles. The van der Waals surface area contributed by atoms with Gasteiger partial charge in [-0.25, -0.2) is 0 Å². The van der Waals surface area contributed by atoms with E-state index in [9.17, 15) is 0 Å². The van der Waals surface area contributed by atoms with E-state index in [2.05, 4.69) is 75.6 Å². The van der Waals surface area contributed by atoms with Gasteiger partial charge < -0.3 is 4.42 Å². The first kappa shape index (κ1) is 14.1. The Morgan fingerprint density at radius 3 is 2.73 bits per heavy atom. The van der Waals surface area contributed by atoms with Crippen molar-refractivity contribution in [2.45, 2.75) is 23.8 Å². The lowest BCUT2D eigenvalue weighted by Gasteiger charge is -2.48. The van der Waals surface area contributed by atoms with E-state index in [4.69, 9.17) is 4.42 Å². The summed E-state index contributed by atoms with van der Waals surface area (Å²) in [6.07, 6.45) is 8.73. The minimum Gasteiger partial charge on any atom is -0.472 e. The van der Waals surface area contributed by atoms with Gasteiger partial charge in [0.05, 0.1) is 23.9 Å². The molecule has 3 aromatic heterocycles. The lowest BCUT2D eigenvalue weighted by atomic mass is 9.55. The molecule has 1 N–H and O–H groups in total. The predicted molar refractivity (Wildman–Crippen MR) is 95.8 cm³/mol. The molecule has 5 heterocycles. The Morgan fingerprint density at radius 1 is 1.04 bits per heavy atom.